The molecule has 0 bridgehead atoms. The summed E-state index contributed by atoms with van der Waals surface area (Å²) >= 11 is 0. The fraction of sp³-hybridized carbons (Fsp3) is 0. The van der Waals surface area contributed by atoms with Crippen LogP contribution < -0.4 is 0 Å². The number of hydrogen-bond donors (Lipinski definition) is 5. The van der Waals surface area contributed by atoms with Crippen LogP contribution in [0.5, 0.6) is 0 Å². The number of nitrogens with zero attached hydrogens (tertiary/aromatic N) is 2. The number of H-pyrrole nitrogens is 1. The van der Waals surface area contributed by atoms with Crippen LogP contribution in [0.4, 0.5) is 0 Å². The maximum atomic E-state index is 9.63. The third-order valence-electron chi connectivity index (χ3n) is 2.13. The van der Waals surface area contributed by atoms with Crippen LogP contribution in [0.3, 0.4) is 0 Å². The van der Waals surface area contributed by atoms with Crippen LogP contribution in [0.1, 0.15) is 0 Å². The summed E-state index contributed by atoms with van der Waals surface area (Å²) in [6.45, 7) is 0. The van der Waals surface area contributed by atoms with E-state index in [0.717, 1.165) is 5.52 Å². The van der Waals surface area contributed by atoms with Crippen LogP contribution in [0.2, 0.25) is 0 Å². The molecular formula is C12H15N3O7P2. The van der Waals surface area contributed by atoms with Crippen molar-refractivity contribution in [3.8, 4) is 0 Å². The van der Waals surface area contributed by atoms with Crippen LogP contribution in [0.15, 0.2) is 61.3 Å². The first-order valence-electron chi connectivity index (χ1n) is 6.22. The molecule has 0 unspecified atom stereocenters. The summed E-state index contributed by atoms with van der Waals surface area (Å²) in [5.41, 5.74) is 1.06. The van der Waals surface area contributed by atoms with Gasteiger partial charge in [-0.25, -0.2) is 14.1 Å². The fourth-order valence-corrected chi connectivity index (χ4v) is 2.48. The summed E-state index contributed by atoms with van der Waals surface area (Å²) in [6.07, 6.45) is 6.89. The number of imidazole rings is 1. The van der Waals surface area contributed by atoms with E-state index in [1.165, 1.54) is 5.39 Å². The van der Waals surface area contributed by atoms with Gasteiger partial charge in [-0.05, 0) is 12.1 Å². The number of aromatic amines is 1. The van der Waals surface area contributed by atoms with Crippen molar-refractivity contribution in [2.45, 2.75) is 0 Å². The van der Waals surface area contributed by atoms with E-state index in [2.05, 4.69) is 31.4 Å². The Morgan fingerprint density at radius 1 is 0.917 bits per heavy atom. The van der Waals surface area contributed by atoms with E-state index in [9.17, 15) is 9.13 Å². The fourth-order valence-electron chi connectivity index (χ4n) is 1.37. The van der Waals surface area contributed by atoms with Crippen molar-refractivity contribution in [2.24, 2.45) is 0 Å². The zero-order valence-electron chi connectivity index (χ0n) is 12.1. The molecule has 5 N–H and O–H groups in total. The van der Waals surface area contributed by atoms with Gasteiger partial charge in [0.2, 0.25) is 0 Å². The number of rotatable bonds is 2. The minimum Gasteiger partial charge on any atom is -0.351 e. The summed E-state index contributed by atoms with van der Waals surface area (Å²) < 4.78 is 22.2. The largest absolute Gasteiger partial charge is 0.478 e. The zero-order chi connectivity index (χ0) is 18.1. The topological polar surface area (TPSA) is 166 Å². The minimum absolute atomic E-state index is 1.06. The summed E-state index contributed by atoms with van der Waals surface area (Å²) in [6, 6.07) is 12.1. The number of aromatic nitrogens is 3. The second kappa shape index (κ2) is 9.41. The van der Waals surface area contributed by atoms with Crippen molar-refractivity contribution >= 4 is 26.5 Å². The first-order chi connectivity index (χ1) is 11.2. The number of phosphoric acid groups is 2. The lowest BCUT2D eigenvalue weighted by Crippen LogP contribution is -1.84. The molecule has 0 saturated carbocycles. The molecule has 0 amide bonds. The van der Waals surface area contributed by atoms with Crippen molar-refractivity contribution < 1.29 is 33.0 Å². The average Bonchev–Trinajstić information content (AvgIpc) is 3.03. The van der Waals surface area contributed by atoms with E-state index >= 15 is 0 Å². The smallest absolute Gasteiger partial charge is 0.351 e. The Morgan fingerprint density at radius 3 is 1.96 bits per heavy atom. The molecular weight excluding hydrogens is 360 g/mol. The molecule has 0 spiro atoms. The molecule has 0 atom stereocenters. The molecule has 0 fully saturated rings. The highest BCUT2D eigenvalue weighted by atomic mass is 31.3. The Labute approximate surface area is 136 Å². The van der Waals surface area contributed by atoms with Crippen molar-refractivity contribution in [1.29, 1.82) is 0 Å². The van der Waals surface area contributed by atoms with Gasteiger partial charge < -0.3 is 24.6 Å². The van der Waals surface area contributed by atoms with Gasteiger partial charge in [-0.3, -0.25) is 4.98 Å². The van der Waals surface area contributed by atoms with Crippen LogP contribution in [-0.2, 0) is 13.4 Å². The molecule has 1 aromatic carbocycles. The predicted octanol–water partition coefficient (Wildman–Crippen LogP) is 1.83. The van der Waals surface area contributed by atoms with Gasteiger partial charge in [0.25, 0.3) is 0 Å². The van der Waals surface area contributed by atoms with E-state index in [4.69, 9.17) is 19.6 Å². The van der Waals surface area contributed by atoms with Crippen molar-refractivity contribution in [1.82, 2.24) is 15.0 Å². The average molecular weight is 375 g/mol. The molecule has 3 rings (SSSR count). The number of hydrogen-bond acceptors (Lipinski definition) is 5. The van der Waals surface area contributed by atoms with Gasteiger partial charge in [-0.15, -0.1) is 0 Å². The predicted molar refractivity (Wildman–Crippen MR) is 85.5 cm³/mol. The molecule has 0 aliphatic carbocycles. The van der Waals surface area contributed by atoms with E-state index < -0.39 is 15.6 Å². The number of para-hydroxylation sites is 1. The Bertz CT molecular complexity index is 714. The monoisotopic (exact) mass is 375 g/mol. The molecule has 12 heteroatoms. The summed E-state index contributed by atoms with van der Waals surface area (Å²) in [7, 11) is -10.1. The first kappa shape index (κ1) is 20.1. The van der Waals surface area contributed by atoms with Gasteiger partial charge >= 0.3 is 15.6 Å². The molecule has 0 saturated heterocycles. The second-order valence-electron chi connectivity index (χ2n) is 4.02. The highest BCUT2D eigenvalue weighted by Gasteiger charge is 2.27. The SMILES string of the molecule is O=P(O)(O)OP(=O)(O)O.c1c[nH]cn1.c1ccc2ncccc2c1. The van der Waals surface area contributed by atoms with E-state index in [1.807, 2.05) is 30.5 Å². The number of nitrogens with one attached hydrogen (secondary N) is 1. The molecule has 130 valence electrons. The number of benzene rings is 1. The standard InChI is InChI=1S/C9H7N.C3H4N2.H4O7P2/c1-2-6-9-8(4-1)5-3-7-10-9;1-2-5-3-4-1;1-8(2,3)7-9(4,5)6/h1-7H;1-3H,(H,4,5);(H2,1,2,3)(H2,4,5,6). The lowest BCUT2D eigenvalue weighted by molar-refractivity contribution is 0.225. The van der Waals surface area contributed by atoms with Gasteiger partial charge in [0.15, 0.2) is 0 Å². The molecule has 2 aromatic heterocycles. The van der Waals surface area contributed by atoms with Gasteiger partial charge in [0.05, 0.1) is 11.8 Å². The first-order valence-corrected chi connectivity index (χ1v) is 9.28. The maximum absolute atomic E-state index is 9.63. The number of pyridine rings is 1. The lowest BCUT2D eigenvalue weighted by Gasteiger charge is -2.03. The summed E-state index contributed by atoms with van der Waals surface area (Å²) in [5, 5.41) is 1.20. The van der Waals surface area contributed by atoms with E-state index in [1.54, 1.807) is 18.7 Å². The van der Waals surface area contributed by atoms with Gasteiger partial charge in [0.1, 0.15) is 0 Å². The van der Waals surface area contributed by atoms with E-state index in [-0.39, 0.29) is 0 Å². The van der Waals surface area contributed by atoms with E-state index in [0.29, 0.717) is 0 Å². The van der Waals surface area contributed by atoms with Gasteiger partial charge in [-0.2, -0.15) is 4.31 Å². The third kappa shape index (κ3) is 9.98. The van der Waals surface area contributed by atoms with Crippen molar-refractivity contribution in [3.63, 3.8) is 0 Å². The van der Waals surface area contributed by atoms with Gasteiger partial charge in [-0.1, -0.05) is 24.3 Å². The van der Waals surface area contributed by atoms with Gasteiger partial charge in [0, 0.05) is 24.0 Å². The quantitative estimate of drug-likeness (QED) is 0.420. The van der Waals surface area contributed by atoms with Crippen molar-refractivity contribution in [3.05, 3.63) is 61.3 Å². The zero-order valence-corrected chi connectivity index (χ0v) is 13.9. The molecule has 2 heterocycles. The normalized spacial score (nSPS) is 11.0. The highest BCUT2D eigenvalue weighted by Crippen LogP contribution is 2.53. The minimum atomic E-state index is -5.05. The highest BCUT2D eigenvalue weighted by molar-refractivity contribution is 7.60. The maximum Gasteiger partial charge on any atom is 0.478 e. The van der Waals surface area contributed by atoms with Crippen LogP contribution >= 0.6 is 15.6 Å². The van der Waals surface area contributed by atoms with Crippen molar-refractivity contribution in [2.75, 3.05) is 0 Å². The molecule has 3 aromatic rings. The van der Waals surface area contributed by atoms with Crippen LogP contribution in [-0.4, -0.2) is 34.5 Å². The van der Waals surface area contributed by atoms with Crippen LogP contribution in [0.25, 0.3) is 10.9 Å². The van der Waals surface area contributed by atoms with Crippen LogP contribution in [0, 0.1) is 0 Å². The lowest BCUT2D eigenvalue weighted by atomic mass is 10.2. The molecule has 0 aliphatic rings. The Morgan fingerprint density at radius 2 is 1.54 bits per heavy atom. The Kier molecular flexibility index (Phi) is 7.90. The summed E-state index contributed by atoms with van der Waals surface area (Å²) in [5.74, 6) is 0. The second-order valence-corrected chi connectivity index (χ2v) is 6.63. The summed E-state index contributed by atoms with van der Waals surface area (Å²) in [4.78, 5) is 41.6. The third-order valence-corrected chi connectivity index (χ3v) is 3.83. The molecule has 0 aliphatic heterocycles. The Hall–Kier alpha value is -1.90. The molecule has 0 radical (unpaired) electrons. The Balaban J connectivity index is 0.000000190. The number of fused-ring (bicyclic) bond motifs is 1. The molecule has 10 nitrogen and oxygen atoms in total. The molecule has 24 heavy (non-hydrogen) atoms.